The number of benzene rings is 4. The van der Waals surface area contributed by atoms with Crippen LogP contribution in [0.2, 0.25) is 0 Å². The van der Waals surface area contributed by atoms with E-state index in [2.05, 4.69) is 31.6 Å². The normalized spacial score (nSPS) is 14.5. The Morgan fingerprint density at radius 2 is 1.33 bits per heavy atom. The number of phenols is 1. The van der Waals surface area contributed by atoms with Gasteiger partial charge in [0.25, 0.3) is 31.6 Å². The zero-order valence-corrected chi connectivity index (χ0v) is 26.9. The van der Waals surface area contributed by atoms with E-state index in [1.54, 1.807) is 0 Å². The van der Waals surface area contributed by atoms with E-state index in [9.17, 15) is 65.7 Å². The molecule has 1 aliphatic rings. The molecule has 0 atom stereocenters. The van der Waals surface area contributed by atoms with Crippen LogP contribution in [0.3, 0.4) is 0 Å². The van der Waals surface area contributed by atoms with Crippen LogP contribution in [0.4, 0.5) is 28.4 Å². The monoisotopic (exact) mass is 754 g/mol. The SMILES string of the molecule is O=C1/C(=N\Nc2ccc([N+](=O)[O-])cc2)C(S(=O)(=O)O)=Cc2cc(S(=O)(=O)O)cc(N/N=c3/ccc(=O)/c(=N\Nc4cc([N+](=O)[O-])ccc4O)c3=O)c21. The molecule has 5 rings (SSSR count). The molecular weight excluding hydrogens is 736 g/mol. The van der Waals surface area contributed by atoms with E-state index in [1.165, 1.54) is 12.1 Å². The molecule has 0 aliphatic heterocycles. The number of rotatable bonds is 10. The van der Waals surface area contributed by atoms with Gasteiger partial charge in [-0.1, -0.05) is 0 Å². The summed E-state index contributed by atoms with van der Waals surface area (Å²) < 4.78 is 68.4. The van der Waals surface area contributed by atoms with E-state index in [-0.39, 0.29) is 17.1 Å². The second-order valence-electron chi connectivity index (χ2n) is 10.3. The molecule has 266 valence electrons. The van der Waals surface area contributed by atoms with Crippen LogP contribution in [0.15, 0.2) is 101 Å². The summed E-state index contributed by atoms with van der Waals surface area (Å²) in [6.45, 7) is 0. The van der Waals surface area contributed by atoms with E-state index in [1.807, 2.05) is 0 Å². The van der Waals surface area contributed by atoms with Crippen molar-refractivity contribution in [2.75, 3.05) is 16.3 Å². The van der Waals surface area contributed by atoms with Crippen LogP contribution in [0.1, 0.15) is 15.9 Å². The van der Waals surface area contributed by atoms with Gasteiger partial charge in [-0.3, -0.25) is 60.0 Å². The van der Waals surface area contributed by atoms with Crippen molar-refractivity contribution in [3.05, 3.63) is 134 Å². The van der Waals surface area contributed by atoms with Gasteiger partial charge in [0.2, 0.25) is 16.6 Å². The number of nitro groups is 2. The van der Waals surface area contributed by atoms with Crippen LogP contribution in [0.5, 0.6) is 5.75 Å². The number of anilines is 3. The maximum atomic E-state index is 13.8. The molecular formula is C28H18N8O14S2. The average Bonchev–Trinajstić information content (AvgIpc) is 3.07. The van der Waals surface area contributed by atoms with Crippen molar-refractivity contribution in [1.29, 1.82) is 0 Å². The van der Waals surface area contributed by atoms with Crippen LogP contribution >= 0.6 is 0 Å². The molecule has 0 saturated carbocycles. The van der Waals surface area contributed by atoms with Crippen molar-refractivity contribution in [2.45, 2.75) is 4.90 Å². The minimum Gasteiger partial charge on any atom is -0.506 e. The third kappa shape index (κ3) is 7.58. The molecule has 6 N–H and O–H groups in total. The third-order valence-electron chi connectivity index (χ3n) is 6.90. The van der Waals surface area contributed by atoms with Gasteiger partial charge in [0.1, 0.15) is 21.7 Å². The molecule has 4 aromatic carbocycles. The Bertz CT molecular complexity index is 2740. The number of ketones is 1. The van der Waals surface area contributed by atoms with Crippen molar-refractivity contribution < 1.29 is 45.7 Å². The molecule has 0 radical (unpaired) electrons. The first-order valence-electron chi connectivity index (χ1n) is 13.7. The number of allylic oxidation sites excluding steroid dienone is 1. The van der Waals surface area contributed by atoms with Crippen LogP contribution in [0, 0.1) is 20.2 Å². The van der Waals surface area contributed by atoms with Crippen LogP contribution in [-0.4, -0.2) is 52.4 Å². The van der Waals surface area contributed by atoms with E-state index in [0.717, 1.165) is 42.5 Å². The number of non-ortho nitro benzene ring substituents is 2. The minimum absolute atomic E-state index is 0.0302. The Morgan fingerprint density at radius 1 is 0.692 bits per heavy atom. The van der Waals surface area contributed by atoms with Crippen molar-refractivity contribution >= 4 is 66.2 Å². The van der Waals surface area contributed by atoms with Gasteiger partial charge in [-0.05, 0) is 54.1 Å². The van der Waals surface area contributed by atoms with Gasteiger partial charge in [-0.25, -0.2) is 0 Å². The number of phenolic OH excluding ortho intramolecular Hbond substituents is 1. The number of carbonyl (C=O) groups is 1. The van der Waals surface area contributed by atoms with Gasteiger partial charge in [0, 0.05) is 24.3 Å². The molecule has 4 aromatic rings. The second kappa shape index (κ2) is 13.7. The number of nitro benzene ring substituents is 2. The lowest BCUT2D eigenvalue weighted by atomic mass is 9.93. The summed E-state index contributed by atoms with van der Waals surface area (Å²) in [5, 5.41) is 41.8. The highest BCUT2D eigenvalue weighted by Gasteiger charge is 2.35. The highest BCUT2D eigenvalue weighted by Crippen LogP contribution is 2.34. The van der Waals surface area contributed by atoms with Crippen molar-refractivity contribution in [1.82, 2.24) is 0 Å². The molecule has 24 heteroatoms. The van der Waals surface area contributed by atoms with Crippen LogP contribution in [0.25, 0.3) is 6.08 Å². The highest BCUT2D eigenvalue weighted by atomic mass is 32.2. The lowest BCUT2D eigenvalue weighted by Crippen LogP contribution is -2.48. The second-order valence-corrected chi connectivity index (χ2v) is 13.1. The van der Waals surface area contributed by atoms with Crippen molar-refractivity contribution in [2.24, 2.45) is 15.3 Å². The first kappa shape index (κ1) is 36.3. The lowest BCUT2D eigenvalue weighted by Gasteiger charge is -2.19. The molecule has 0 amide bonds. The Kier molecular flexibility index (Phi) is 9.56. The number of hydrazone groups is 1. The van der Waals surface area contributed by atoms with E-state index >= 15 is 0 Å². The summed E-state index contributed by atoms with van der Waals surface area (Å²) in [6, 6.07) is 10.4. The Balaban J connectivity index is 1.62. The van der Waals surface area contributed by atoms with Gasteiger partial charge < -0.3 is 5.11 Å². The summed E-state index contributed by atoms with van der Waals surface area (Å²) >= 11 is 0. The number of fused-ring (bicyclic) bond motifs is 1. The van der Waals surface area contributed by atoms with Gasteiger partial charge >= 0.3 is 0 Å². The fourth-order valence-electron chi connectivity index (χ4n) is 4.46. The molecule has 1 aliphatic carbocycles. The number of hydrogen-bond donors (Lipinski definition) is 6. The molecule has 0 saturated heterocycles. The maximum absolute atomic E-state index is 13.8. The fraction of sp³-hybridized carbons (Fsp3) is 0. The quantitative estimate of drug-likeness (QED) is 0.0564. The summed E-state index contributed by atoms with van der Waals surface area (Å²) in [5.74, 6) is -1.80. The molecule has 0 unspecified atom stereocenters. The predicted molar refractivity (Wildman–Crippen MR) is 179 cm³/mol. The lowest BCUT2D eigenvalue weighted by molar-refractivity contribution is -0.385. The smallest absolute Gasteiger partial charge is 0.296 e. The minimum atomic E-state index is -5.25. The molecule has 0 fully saturated rings. The van der Waals surface area contributed by atoms with Crippen LogP contribution < -0.4 is 37.8 Å². The highest BCUT2D eigenvalue weighted by molar-refractivity contribution is 7.91. The van der Waals surface area contributed by atoms with Gasteiger partial charge in [-0.15, -0.1) is 0 Å². The Morgan fingerprint density at radius 3 is 1.94 bits per heavy atom. The number of Topliss-reactive ketones (excluding diaryl/α,β-unsaturated/α-hetero) is 1. The fourth-order valence-corrected chi connectivity index (χ4v) is 5.66. The van der Waals surface area contributed by atoms with Crippen LogP contribution in [-0.2, 0) is 20.2 Å². The molecule has 0 bridgehead atoms. The average molecular weight is 755 g/mol. The van der Waals surface area contributed by atoms with Gasteiger partial charge in [0.05, 0.1) is 31.7 Å². The van der Waals surface area contributed by atoms with Crippen molar-refractivity contribution in [3.63, 3.8) is 0 Å². The van der Waals surface area contributed by atoms with E-state index in [0.29, 0.717) is 18.2 Å². The Hall–Kier alpha value is -7.02. The van der Waals surface area contributed by atoms with E-state index < -0.39 is 101 Å². The standard InChI is InChI=1S/C28H18N8O14S2/c37-21-7-5-16(36(43)44)11-19(21)31-33-25-22(38)8-6-18(27(25)39)30-32-20-12-17(51(45,46)47)9-13-10-23(52(48,49)50)26(28(40)24(13)20)34-29-14-1-3-15(4-2-14)35(41)42/h1-12,29,31-32,37H,(H,45,46,47)(H,48,49,50)/b30-18-,33-25+,34-26-. The summed E-state index contributed by atoms with van der Waals surface area (Å²) in [6.07, 6.45) is 0.652. The summed E-state index contributed by atoms with van der Waals surface area (Å²) in [5.41, 5.74) is 0.984. The third-order valence-corrected chi connectivity index (χ3v) is 8.60. The number of aromatic hydroxyl groups is 1. The number of nitrogens with zero attached hydrogens (tertiary/aromatic N) is 5. The summed E-state index contributed by atoms with van der Waals surface area (Å²) in [7, 11) is -10.3. The molecule has 0 aromatic heterocycles. The number of carbonyl (C=O) groups excluding carboxylic acids is 1. The molecule has 0 spiro atoms. The largest absolute Gasteiger partial charge is 0.506 e. The maximum Gasteiger partial charge on any atom is 0.296 e. The van der Waals surface area contributed by atoms with E-state index in [4.69, 9.17) is 0 Å². The predicted octanol–water partition coefficient (Wildman–Crippen LogP) is 0.800. The number of nitrogens with one attached hydrogen (secondary N) is 3. The molecule has 22 nitrogen and oxygen atoms in total. The van der Waals surface area contributed by atoms with Crippen molar-refractivity contribution in [3.8, 4) is 5.75 Å². The zero-order valence-electron chi connectivity index (χ0n) is 25.3. The first-order valence-corrected chi connectivity index (χ1v) is 16.6. The molecule has 0 heterocycles. The topological polar surface area (TPSA) is 340 Å². The summed E-state index contributed by atoms with van der Waals surface area (Å²) in [4.78, 5) is 57.9. The van der Waals surface area contributed by atoms with Gasteiger partial charge in [-0.2, -0.15) is 32.1 Å². The zero-order chi connectivity index (χ0) is 38.1. The van der Waals surface area contributed by atoms with Gasteiger partial charge in [0.15, 0.2) is 11.1 Å². The Labute approximate surface area is 287 Å². The molecule has 52 heavy (non-hydrogen) atoms. The number of hydrogen-bond acceptors (Lipinski definition) is 18. The first-order chi connectivity index (χ1) is 24.3.